The van der Waals surface area contributed by atoms with Crippen LogP contribution in [0.15, 0.2) is 24.3 Å². The van der Waals surface area contributed by atoms with Crippen LogP contribution < -0.4 is 0 Å². The van der Waals surface area contributed by atoms with E-state index in [1.807, 2.05) is 0 Å². The molecule has 1 saturated heterocycles. The minimum absolute atomic E-state index is 0.100. The fourth-order valence-electron chi connectivity index (χ4n) is 1.34. The standard InChI is InChI=1S/C11H11FO4/c12-9-4-2-1-3-8(9)11(13)16-10-7-14-5-6-15-10/h1-4,10H,5-7H2/t10-/m1/s1. The van der Waals surface area contributed by atoms with Crippen LogP contribution in [0.4, 0.5) is 4.39 Å². The number of hydrogen-bond donors (Lipinski definition) is 0. The fraction of sp³-hybridized carbons (Fsp3) is 0.364. The van der Waals surface area contributed by atoms with Crippen LogP contribution in [-0.2, 0) is 14.2 Å². The van der Waals surface area contributed by atoms with Crippen LogP contribution in [0.2, 0.25) is 0 Å². The van der Waals surface area contributed by atoms with Gasteiger partial charge in [-0.2, -0.15) is 0 Å². The number of rotatable bonds is 2. The second kappa shape index (κ2) is 5.05. The summed E-state index contributed by atoms with van der Waals surface area (Å²) in [6, 6.07) is 5.64. The minimum atomic E-state index is -0.749. The lowest BCUT2D eigenvalue weighted by molar-refractivity contribution is -0.186. The molecule has 4 nitrogen and oxygen atoms in total. The lowest BCUT2D eigenvalue weighted by Crippen LogP contribution is -2.33. The van der Waals surface area contributed by atoms with Crippen molar-refractivity contribution in [3.05, 3.63) is 35.6 Å². The zero-order valence-electron chi connectivity index (χ0n) is 8.52. The van der Waals surface area contributed by atoms with E-state index < -0.39 is 18.1 Å². The van der Waals surface area contributed by atoms with Gasteiger partial charge in [0.2, 0.25) is 6.29 Å². The van der Waals surface area contributed by atoms with Gasteiger partial charge in [0, 0.05) is 0 Å². The molecule has 0 aromatic heterocycles. The third-order valence-electron chi connectivity index (χ3n) is 2.12. The molecule has 0 unspecified atom stereocenters. The van der Waals surface area contributed by atoms with Gasteiger partial charge in [0.15, 0.2) is 0 Å². The molecule has 1 fully saturated rings. The van der Waals surface area contributed by atoms with Gasteiger partial charge in [-0.15, -0.1) is 0 Å². The highest BCUT2D eigenvalue weighted by Gasteiger charge is 2.21. The van der Waals surface area contributed by atoms with Crippen LogP contribution in [0.1, 0.15) is 10.4 Å². The Hall–Kier alpha value is -1.46. The first kappa shape index (κ1) is 11.0. The molecule has 1 atom stereocenters. The van der Waals surface area contributed by atoms with E-state index in [4.69, 9.17) is 14.2 Å². The Labute approximate surface area is 91.9 Å². The van der Waals surface area contributed by atoms with E-state index >= 15 is 0 Å². The largest absolute Gasteiger partial charge is 0.429 e. The van der Waals surface area contributed by atoms with E-state index in [-0.39, 0.29) is 12.2 Å². The third-order valence-corrected chi connectivity index (χ3v) is 2.12. The second-order valence-electron chi connectivity index (χ2n) is 3.26. The molecule has 2 rings (SSSR count). The molecule has 0 saturated carbocycles. The molecule has 86 valence electrons. The van der Waals surface area contributed by atoms with Crippen LogP contribution in [0, 0.1) is 5.82 Å². The maximum absolute atomic E-state index is 13.2. The van der Waals surface area contributed by atoms with Gasteiger partial charge < -0.3 is 14.2 Å². The zero-order valence-corrected chi connectivity index (χ0v) is 8.52. The maximum atomic E-state index is 13.2. The molecule has 1 aromatic rings. The molecule has 5 heteroatoms. The molecule has 0 bridgehead atoms. The van der Waals surface area contributed by atoms with Gasteiger partial charge in [-0.1, -0.05) is 12.1 Å². The Bertz CT molecular complexity index is 374. The van der Waals surface area contributed by atoms with Crippen molar-refractivity contribution >= 4 is 5.97 Å². The Balaban J connectivity index is 2.00. The Morgan fingerprint density at radius 3 is 2.88 bits per heavy atom. The average Bonchev–Trinajstić information content (AvgIpc) is 2.31. The molecule has 1 heterocycles. The second-order valence-corrected chi connectivity index (χ2v) is 3.26. The van der Waals surface area contributed by atoms with Crippen molar-refractivity contribution in [3.8, 4) is 0 Å². The number of halogens is 1. The first-order chi connectivity index (χ1) is 7.77. The summed E-state index contributed by atoms with van der Waals surface area (Å²) in [5.74, 6) is -1.35. The number of carbonyl (C=O) groups is 1. The van der Waals surface area contributed by atoms with Gasteiger partial charge in [0.05, 0.1) is 18.8 Å². The van der Waals surface area contributed by atoms with Gasteiger partial charge in [-0.25, -0.2) is 9.18 Å². The predicted octanol–water partition coefficient (Wildman–Crippen LogP) is 1.36. The number of hydrogen-bond acceptors (Lipinski definition) is 4. The molecule has 0 N–H and O–H groups in total. The van der Waals surface area contributed by atoms with Crippen molar-refractivity contribution in [1.29, 1.82) is 0 Å². The smallest absolute Gasteiger partial charge is 0.343 e. The molecule has 0 radical (unpaired) electrons. The van der Waals surface area contributed by atoms with Gasteiger partial charge >= 0.3 is 5.97 Å². The molecule has 1 aliphatic rings. The quantitative estimate of drug-likeness (QED) is 0.714. The highest BCUT2D eigenvalue weighted by Crippen LogP contribution is 2.11. The molecule has 0 aliphatic carbocycles. The van der Waals surface area contributed by atoms with Crippen molar-refractivity contribution in [2.24, 2.45) is 0 Å². The predicted molar refractivity (Wildman–Crippen MR) is 52.4 cm³/mol. The normalized spacial score (nSPS) is 20.4. The summed E-state index contributed by atoms with van der Waals surface area (Å²) in [4.78, 5) is 11.5. The summed E-state index contributed by atoms with van der Waals surface area (Å²) in [5.41, 5.74) is -0.100. The zero-order chi connectivity index (χ0) is 11.4. The van der Waals surface area contributed by atoms with Crippen LogP contribution in [0.3, 0.4) is 0 Å². The third kappa shape index (κ3) is 2.56. The maximum Gasteiger partial charge on any atom is 0.343 e. The first-order valence-electron chi connectivity index (χ1n) is 4.92. The molecule has 0 spiro atoms. The van der Waals surface area contributed by atoms with E-state index in [1.54, 1.807) is 6.07 Å². The number of esters is 1. The van der Waals surface area contributed by atoms with Crippen LogP contribution in [0.5, 0.6) is 0 Å². The van der Waals surface area contributed by atoms with Crippen molar-refractivity contribution in [2.75, 3.05) is 19.8 Å². The minimum Gasteiger partial charge on any atom is -0.429 e. The molecular weight excluding hydrogens is 215 g/mol. The average molecular weight is 226 g/mol. The summed E-state index contributed by atoms with van der Waals surface area (Å²) in [6.07, 6.45) is -0.749. The number of benzene rings is 1. The van der Waals surface area contributed by atoms with Gasteiger partial charge in [-0.3, -0.25) is 0 Å². The lowest BCUT2D eigenvalue weighted by atomic mass is 10.2. The van der Waals surface area contributed by atoms with E-state index in [0.29, 0.717) is 13.2 Å². The van der Waals surface area contributed by atoms with E-state index in [0.717, 1.165) is 0 Å². The fourth-order valence-corrected chi connectivity index (χ4v) is 1.34. The molecule has 0 amide bonds. The van der Waals surface area contributed by atoms with E-state index in [2.05, 4.69) is 0 Å². The summed E-state index contributed by atoms with van der Waals surface area (Å²) in [6.45, 7) is 1.03. The highest BCUT2D eigenvalue weighted by molar-refractivity contribution is 5.89. The summed E-state index contributed by atoms with van der Waals surface area (Å²) < 4.78 is 28.3. The Morgan fingerprint density at radius 2 is 2.19 bits per heavy atom. The molecule has 1 aromatic carbocycles. The molecule has 1 aliphatic heterocycles. The van der Waals surface area contributed by atoms with Crippen LogP contribution in [-0.4, -0.2) is 32.1 Å². The van der Waals surface area contributed by atoms with Crippen molar-refractivity contribution < 1.29 is 23.4 Å². The summed E-state index contributed by atoms with van der Waals surface area (Å²) in [7, 11) is 0. The van der Waals surface area contributed by atoms with Crippen molar-refractivity contribution in [1.82, 2.24) is 0 Å². The van der Waals surface area contributed by atoms with Crippen LogP contribution >= 0.6 is 0 Å². The first-order valence-corrected chi connectivity index (χ1v) is 4.92. The molecular formula is C11H11FO4. The number of carbonyl (C=O) groups excluding carboxylic acids is 1. The van der Waals surface area contributed by atoms with E-state index in [9.17, 15) is 9.18 Å². The monoisotopic (exact) mass is 226 g/mol. The van der Waals surface area contributed by atoms with Gasteiger partial charge in [0.25, 0.3) is 0 Å². The van der Waals surface area contributed by atoms with Gasteiger partial charge in [-0.05, 0) is 12.1 Å². The van der Waals surface area contributed by atoms with Crippen molar-refractivity contribution in [3.63, 3.8) is 0 Å². The molecule has 16 heavy (non-hydrogen) atoms. The summed E-state index contributed by atoms with van der Waals surface area (Å²) in [5, 5.41) is 0. The Morgan fingerprint density at radius 1 is 1.38 bits per heavy atom. The number of ether oxygens (including phenoxy) is 3. The van der Waals surface area contributed by atoms with Gasteiger partial charge in [0.1, 0.15) is 12.4 Å². The topological polar surface area (TPSA) is 44.8 Å². The van der Waals surface area contributed by atoms with Crippen molar-refractivity contribution in [2.45, 2.75) is 6.29 Å². The summed E-state index contributed by atoms with van der Waals surface area (Å²) >= 11 is 0. The highest BCUT2D eigenvalue weighted by atomic mass is 19.1. The SMILES string of the molecule is O=C(O[C@@H]1COCCO1)c1ccccc1F. The Kier molecular flexibility index (Phi) is 3.48. The van der Waals surface area contributed by atoms with Crippen LogP contribution in [0.25, 0.3) is 0 Å². The lowest BCUT2D eigenvalue weighted by Gasteiger charge is -2.22. The van der Waals surface area contributed by atoms with E-state index in [1.165, 1.54) is 18.2 Å².